The van der Waals surface area contributed by atoms with E-state index in [0.717, 1.165) is 11.6 Å². The van der Waals surface area contributed by atoms with Gasteiger partial charge in [0, 0.05) is 17.0 Å². The standard InChI is InChI=1S/C25H19NO4/c1-16-12-13-19-20(15-22(27)30-21(19)14-16)25(29)26-23(17-8-4-2-5-9-17)24(28)18-10-6-3-7-11-18/h2-15,23H,1H3,(H,26,29). The Kier molecular flexibility index (Phi) is 5.26. The molecule has 0 spiro atoms. The van der Waals surface area contributed by atoms with Crippen molar-refractivity contribution in [3.05, 3.63) is 118 Å². The molecule has 5 nitrogen and oxygen atoms in total. The number of ketones is 1. The van der Waals surface area contributed by atoms with Crippen molar-refractivity contribution in [2.75, 3.05) is 0 Å². The van der Waals surface area contributed by atoms with Gasteiger partial charge in [0.05, 0.1) is 5.56 Å². The number of amides is 1. The number of nitrogens with one attached hydrogen (secondary N) is 1. The van der Waals surface area contributed by atoms with Gasteiger partial charge in [0.15, 0.2) is 5.78 Å². The Morgan fingerprint density at radius 2 is 1.53 bits per heavy atom. The van der Waals surface area contributed by atoms with E-state index in [0.29, 0.717) is 22.1 Å². The predicted octanol–water partition coefficient (Wildman–Crippen LogP) is 4.46. The van der Waals surface area contributed by atoms with E-state index in [2.05, 4.69) is 5.32 Å². The first-order valence-electron chi connectivity index (χ1n) is 9.52. The minimum absolute atomic E-state index is 0.169. The minimum atomic E-state index is -0.895. The Morgan fingerprint density at radius 1 is 0.867 bits per heavy atom. The highest BCUT2D eigenvalue weighted by Crippen LogP contribution is 2.22. The number of carbonyl (C=O) groups excluding carboxylic acids is 2. The molecule has 0 bridgehead atoms. The molecule has 1 amide bonds. The van der Waals surface area contributed by atoms with Gasteiger partial charge in [0.2, 0.25) is 0 Å². The van der Waals surface area contributed by atoms with E-state index in [9.17, 15) is 14.4 Å². The second-order valence-corrected chi connectivity index (χ2v) is 7.03. The third-order valence-corrected chi connectivity index (χ3v) is 4.87. The molecular formula is C25H19NO4. The molecule has 1 aromatic heterocycles. The lowest BCUT2D eigenvalue weighted by Gasteiger charge is -2.19. The SMILES string of the molecule is Cc1ccc2c(C(=O)NC(C(=O)c3ccccc3)c3ccccc3)cc(=O)oc2c1. The first-order chi connectivity index (χ1) is 14.5. The van der Waals surface area contributed by atoms with Crippen LogP contribution in [0.1, 0.15) is 37.9 Å². The van der Waals surface area contributed by atoms with Crippen LogP contribution in [0, 0.1) is 6.92 Å². The molecule has 0 aliphatic carbocycles. The number of rotatable bonds is 5. The van der Waals surface area contributed by atoms with Crippen molar-refractivity contribution in [3.63, 3.8) is 0 Å². The van der Waals surface area contributed by atoms with Crippen LogP contribution in [0.5, 0.6) is 0 Å². The fraction of sp³-hybridized carbons (Fsp3) is 0.0800. The Morgan fingerprint density at radius 3 is 2.23 bits per heavy atom. The van der Waals surface area contributed by atoms with Crippen molar-refractivity contribution in [3.8, 4) is 0 Å². The van der Waals surface area contributed by atoms with Crippen LogP contribution in [0.4, 0.5) is 0 Å². The smallest absolute Gasteiger partial charge is 0.337 e. The van der Waals surface area contributed by atoms with Crippen LogP contribution in [0.15, 0.2) is 94.1 Å². The number of hydrogen-bond donors (Lipinski definition) is 1. The van der Waals surface area contributed by atoms with Crippen LogP contribution < -0.4 is 10.9 Å². The van der Waals surface area contributed by atoms with Gasteiger partial charge in [-0.05, 0) is 24.1 Å². The molecule has 0 aliphatic heterocycles. The maximum absolute atomic E-state index is 13.2. The molecule has 0 fully saturated rings. The summed E-state index contributed by atoms with van der Waals surface area (Å²) in [5.74, 6) is -0.756. The molecule has 0 saturated carbocycles. The van der Waals surface area contributed by atoms with Crippen LogP contribution in [0.2, 0.25) is 0 Å². The van der Waals surface area contributed by atoms with E-state index in [1.807, 2.05) is 37.3 Å². The minimum Gasteiger partial charge on any atom is -0.423 e. The fourth-order valence-corrected chi connectivity index (χ4v) is 3.38. The van der Waals surface area contributed by atoms with Gasteiger partial charge in [-0.3, -0.25) is 9.59 Å². The summed E-state index contributed by atoms with van der Waals surface area (Å²) in [5.41, 5.74) is 1.93. The van der Waals surface area contributed by atoms with Gasteiger partial charge < -0.3 is 9.73 Å². The molecule has 4 rings (SSSR count). The van der Waals surface area contributed by atoms with Crippen molar-refractivity contribution >= 4 is 22.7 Å². The lowest BCUT2D eigenvalue weighted by molar-refractivity contribution is 0.0857. The van der Waals surface area contributed by atoms with Gasteiger partial charge in [0.1, 0.15) is 11.6 Å². The highest BCUT2D eigenvalue weighted by Gasteiger charge is 2.25. The van der Waals surface area contributed by atoms with Crippen LogP contribution in [0.25, 0.3) is 11.0 Å². The van der Waals surface area contributed by atoms with E-state index in [-0.39, 0.29) is 11.3 Å². The van der Waals surface area contributed by atoms with Gasteiger partial charge >= 0.3 is 5.63 Å². The molecule has 1 heterocycles. The Balaban J connectivity index is 1.75. The largest absolute Gasteiger partial charge is 0.423 e. The van der Waals surface area contributed by atoms with E-state index >= 15 is 0 Å². The normalized spacial score (nSPS) is 11.8. The van der Waals surface area contributed by atoms with Crippen molar-refractivity contribution in [2.45, 2.75) is 13.0 Å². The van der Waals surface area contributed by atoms with Gasteiger partial charge in [-0.1, -0.05) is 72.8 Å². The average molecular weight is 397 g/mol. The summed E-state index contributed by atoms with van der Waals surface area (Å²) in [4.78, 5) is 38.4. The molecule has 1 unspecified atom stereocenters. The van der Waals surface area contributed by atoms with Crippen molar-refractivity contribution in [2.24, 2.45) is 0 Å². The van der Waals surface area contributed by atoms with E-state index in [1.54, 1.807) is 48.5 Å². The molecule has 5 heteroatoms. The van der Waals surface area contributed by atoms with Gasteiger partial charge in [-0.15, -0.1) is 0 Å². The monoisotopic (exact) mass is 397 g/mol. The van der Waals surface area contributed by atoms with Crippen LogP contribution in [-0.2, 0) is 0 Å². The maximum Gasteiger partial charge on any atom is 0.337 e. The summed E-state index contributed by atoms with van der Waals surface area (Å²) in [5, 5.41) is 3.32. The van der Waals surface area contributed by atoms with Gasteiger partial charge in [-0.25, -0.2) is 4.79 Å². The summed E-state index contributed by atoms with van der Waals surface area (Å²) >= 11 is 0. The van der Waals surface area contributed by atoms with Crippen molar-refractivity contribution in [1.82, 2.24) is 5.32 Å². The third kappa shape index (κ3) is 3.91. The van der Waals surface area contributed by atoms with Crippen LogP contribution in [-0.4, -0.2) is 11.7 Å². The Bertz CT molecular complexity index is 1280. The Labute approximate surface area is 173 Å². The molecule has 1 N–H and O–H groups in total. The zero-order chi connectivity index (χ0) is 21.1. The van der Waals surface area contributed by atoms with Gasteiger partial charge in [-0.2, -0.15) is 0 Å². The summed E-state index contributed by atoms with van der Waals surface area (Å²) in [6.45, 7) is 1.87. The number of Topliss-reactive ketones (excluding diaryl/α,β-unsaturated/α-hetero) is 1. The molecular weight excluding hydrogens is 378 g/mol. The van der Waals surface area contributed by atoms with E-state index < -0.39 is 17.6 Å². The lowest BCUT2D eigenvalue weighted by atomic mass is 9.96. The lowest BCUT2D eigenvalue weighted by Crippen LogP contribution is -2.34. The average Bonchev–Trinajstić information content (AvgIpc) is 2.77. The molecule has 0 saturated heterocycles. The predicted molar refractivity (Wildman–Crippen MR) is 115 cm³/mol. The second kappa shape index (κ2) is 8.17. The first-order valence-corrected chi connectivity index (χ1v) is 9.52. The number of fused-ring (bicyclic) bond motifs is 1. The molecule has 4 aromatic rings. The molecule has 0 radical (unpaired) electrons. The summed E-state index contributed by atoms with van der Waals surface area (Å²) < 4.78 is 5.24. The van der Waals surface area contributed by atoms with Crippen LogP contribution in [0.3, 0.4) is 0 Å². The number of aryl methyl sites for hydroxylation is 1. The quantitative estimate of drug-likeness (QED) is 0.399. The van der Waals surface area contributed by atoms with Crippen molar-refractivity contribution < 1.29 is 14.0 Å². The van der Waals surface area contributed by atoms with E-state index in [4.69, 9.17) is 4.42 Å². The fourth-order valence-electron chi connectivity index (χ4n) is 3.38. The summed E-state index contributed by atoms with van der Waals surface area (Å²) in [6, 6.07) is 23.3. The molecule has 148 valence electrons. The molecule has 0 aliphatic rings. The number of benzene rings is 3. The summed E-state index contributed by atoms with van der Waals surface area (Å²) in [7, 11) is 0. The Hall–Kier alpha value is -3.99. The van der Waals surface area contributed by atoms with Crippen LogP contribution >= 0.6 is 0 Å². The summed E-state index contributed by atoms with van der Waals surface area (Å²) in [6.07, 6.45) is 0. The first kappa shape index (κ1) is 19.3. The van der Waals surface area contributed by atoms with E-state index in [1.165, 1.54) is 0 Å². The van der Waals surface area contributed by atoms with Crippen molar-refractivity contribution in [1.29, 1.82) is 0 Å². The maximum atomic E-state index is 13.2. The second-order valence-electron chi connectivity index (χ2n) is 7.03. The molecule has 30 heavy (non-hydrogen) atoms. The highest BCUT2D eigenvalue weighted by atomic mass is 16.4. The third-order valence-electron chi connectivity index (χ3n) is 4.87. The highest BCUT2D eigenvalue weighted by molar-refractivity contribution is 6.09. The molecule has 3 aromatic carbocycles. The zero-order valence-electron chi connectivity index (χ0n) is 16.3. The molecule has 1 atom stereocenters. The topological polar surface area (TPSA) is 76.4 Å². The number of carbonyl (C=O) groups is 2. The number of hydrogen-bond acceptors (Lipinski definition) is 4. The van der Waals surface area contributed by atoms with Gasteiger partial charge in [0.25, 0.3) is 5.91 Å². The zero-order valence-corrected chi connectivity index (χ0v) is 16.3.